The normalized spacial score (nSPS) is 11.4. The molecule has 0 spiro atoms. The molecule has 0 aliphatic heterocycles. The third-order valence-corrected chi connectivity index (χ3v) is 2.56. The molecule has 4 heteroatoms. The van der Waals surface area contributed by atoms with Crippen LogP contribution in [-0.2, 0) is 9.53 Å². The molecule has 0 fully saturated rings. The predicted octanol–water partition coefficient (Wildman–Crippen LogP) is 2.62. The maximum Gasteiger partial charge on any atom is 0.307 e. The molecule has 1 N–H and O–H groups in total. The molecule has 4 nitrogen and oxygen atoms in total. The minimum atomic E-state index is -0.233. The summed E-state index contributed by atoms with van der Waals surface area (Å²) in [6.45, 7) is 5.95. The Kier molecular flexibility index (Phi) is 5.19. The van der Waals surface area contributed by atoms with Crippen molar-refractivity contribution < 1.29 is 9.53 Å². The third kappa shape index (κ3) is 3.77. The second kappa shape index (κ2) is 6.65. The summed E-state index contributed by atoms with van der Waals surface area (Å²) in [7, 11) is 0. The summed E-state index contributed by atoms with van der Waals surface area (Å²) in [6, 6.07) is 7.71. The number of hydrogen-bond donors (Lipinski definition) is 1. The largest absolute Gasteiger partial charge is 0.466 e. The number of hydrogen-bond acceptors (Lipinski definition) is 4. The molecule has 0 saturated heterocycles. The van der Waals surface area contributed by atoms with Gasteiger partial charge < -0.3 is 10.1 Å². The van der Waals surface area contributed by atoms with Crippen molar-refractivity contribution in [2.24, 2.45) is 0 Å². The first-order valence-corrected chi connectivity index (χ1v) is 6.00. The quantitative estimate of drug-likeness (QED) is 0.811. The monoisotopic (exact) mass is 246 g/mol. The number of carbonyl (C=O) groups excluding carboxylic acids is 1. The molecule has 18 heavy (non-hydrogen) atoms. The van der Waals surface area contributed by atoms with E-state index >= 15 is 0 Å². The van der Waals surface area contributed by atoms with Gasteiger partial charge in [-0.1, -0.05) is 12.1 Å². The number of nitriles is 1. The van der Waals surface area contributed by atoms with Crippen LogP contribution >= 0.6 is 0 Å². The van der Waals surface area contributed by atoms with Crippen LogP contribution in [0.4, 0.5) is 5.69 Å². The highest BCUT2D eigenvalue weighted by Gasteiger charge is 2.12. The Labute approximate surface area is 108 Å². The number of nitrogens with one attached hydrogen (secondary N) is 1. The van der Waals surface area contributed by atoms with E-state index < -0.39 is 0 Å². The zero-order valence-electron chi connectivity index (χ0n) is 11.0. The Morgan fingerprint density at radius 1 is 1.56 bits per heavy atom. The van der Waals surface area contributed by atoms with Gasteiger partial charge in [0.05, 0.1) is 24.3 Å². The van der Waals surface area contributed by atoms with Gasteiger partial charge in [-0.2, -0.15) is 5.26 Å². The van der Waals surface area contributed by atoms with E-state index in [1.807, 2.05) is 32.0 Å². The lowest BCUT2D eigenvalue weighted by Crippen LogP contribution is -2.21. The zero-order chi connectivity index (χ0) is 13.5. The molecule has 1 unspecified atom stereocenters. The number of nitrogens with zero attached hydrogens (tertiary/aromatic N) is 1. The molecule has 0 heterocycles. The van der Waals surface area contributed by atoms with E-state index in [-0.39, 0.29) is 18.4 Å². The predicted molar refractivity (Wildman–Crippen MR) is 70.2 cm³/mol. The van der Waals surface area contributed by atoms with Crippen molar-refractivity contribution in [2.45, 2.75) is 33.2 Å². The summed E-state index contributed by atoms with van der Waals surface area (Å²) in [5.41, 5.74) is 2.30. The lowest BCUT2D eigenvalue weighted by molar-refractivity contribution is -0.143. The maximum atomic E-state index is 11.3. The van der Waals surface area contributed by atoms with Crippen LogP contribution in [0.15, 0.2) is 18.2 Å². The standard InChI is InChI=1S/C14H18N2O2/c1-4-18-14(17)8-11(3)16-13-7-5-6-10(2)12(13)9-15/h5-7,11,16H,4,8H2,1-3H3. The van der Waals surface area contributed by atoms with Crippen LogP contribution in [0.25, 0.3) is 0 Å². The van der Waals surface area contributed by atoms with Crippen LogP contribution in [-0.4, -0.2) is 18.6 Å². The Hall–Kier alpha value is -2.02. The van der Waals surface area contributed by atoms with Gasteiger partial charge in [0.25, 0.3) is 0 Å². The summed E-state index contributed by atoms with van der Waals surface area (Å²) in [5, 5.41) is 12.3. The van der Waals surface area contributed by atoms with E-state index in [1.54, 1.807) is 6.92 Å². The van der Waals surface area contributed by atoms with E-state index in [0.717, 1.165) is 11.3 Å². The second-order valence-corrected chi connectivity index (χ2v) is 4.16. The van der Waals surface area contributed by atoms with Gasteiger partial charge in [-0.15, -0.1) is 0 Å². The van der Waals surface area contributed by atoms with Crippen molar-refractivity contribution in [3.05, 3.63) is 29.3 Å². The number of carbonyl (C=O) groups is 1. The van der Waals surface area contributed by atoms with Gasteiger partial charge in [-0.3, -0.25) is 4.79 Å². The van der Waals surface area contributed by atoms with E-state index in [1.165, 1.54) is 0 Å². The highest BCUT2D eigenvalue weighted by Crippen LogP contribution is 2.19. The number of rotatable bonds is 5. The number of esters is 1. The molecule has 0 radical (unpaired) electrons. The molecule has 0 bridgehead atoms. The van der Waals surface area contributed by atoms with E-state index in [0.29, 0.717) is 12.2 Å². The average molecular weight is 246 g/mol. The molecule has 0 aromatic heterocycles. The molecule has 0 amide bonds. The lowest BCUT2D eigenvalue weighted by Gasteiger charge is -2.16. The van der Waals surface area contributed by atoms with Crippen molar-refractivity contribution in [3.63, 3.8) is 0 Å². The molecule has 1 rings (SSSR count). The molecule has 1 aromatic rings. The van der Waals surface area contributed by atoms with E-state index in [2.05, 4.69) is 11.4 Å². The fourth-order valence-corrected chi connectivity index (χ4v) is 1.72. The number of benzene rings is 1. The summed E-state index contributed by atoms with van der Waals surface area (Å²) >= 11 is 0. The second-order valence-electron chi connectivity index (χ2n) is 4.16. The van der Waals surface area contributed by atoms with Gasteiger partial charge in [0.1, 0.15) is 6.07 Å². The smallest absolute Gasteiger partial charge is 0.307 e. The van der Waals surface area contributed by atoms with Crippen LogP contribution in [0.2, 0.25) is 0 Å². The minimum absolute atomic E-state index is 0.0713. The number of anilines is 1. The van der Waals surface area contributed by atoms with E-state index in [9.17, 15) is 4.79 Å². The first kappa shape index (κ1) is 14.0. The summed E-state index contributed by atoms with van der Waals surface area (Å²) in [6.07, 6.45) is 0.284. The van der Waals surface area contributed by atoms with Crippen LogP contribution in [0, 0.1) is 18.3 Å². The fraction of sp³-hybridized carbons (Fsp3) is 0.429. The van der Waals surface area contributed by atoms with Gasteiger partial charge in [0.15, 0.2) is 0 Å². The molecule has 1 atom stereocenters. The third-order valence-electron chi connectivity index (χ3n) is 2.56. The average Bonchev–Trinajstić information content (AvgIpc) is 2.29. The molecule has 0 saturated carbocycles. The fourth-order valence-electron chi connectivity index (χ4n) is 1.72. The number of ether oxygens (including phenoxy) is 1. The molecular weight excluding hydrogens is 228 g/mol. The highest BCUT2D eigenvalue weighted by molar-refractivity contribution is 5.71. The molecule has 96 valence electrons. The molecule has 1 aromatic carbocycles. The van der Waals surface area contributed by atoms with Gasteiger partial charge in [0, 0.05) is 6.04 Å². The molecule has 0 aliphatic rings. The molecule has 0 aliphatic carbocycles. The summed E-state index contributed by atoms with van der Waals surface area (Å²) < 4.78 is 4.89. The van der Waals surface area contributed by atoms with Crippen molar-refractivity contribution in [1.29, 1.82) is 5.26 Å². The van der Waals surface area contributed by atoms with Crippen LogP contribution in [0.1, 0.15) is 31.4 Å². The van der Waals surface area contributed by atoms with Crippen LogP contribution in [0.3, 0.4) is 0 Å². The first-order chi connectivity index (χ1) is 8.58. The lowest BCUT2D eigenvalue weighted by atomic mass is 10.1. The van der Waals surface area contributed by atoms with Gasteiger partial charge in [0.2, 0.25) is 0 Å². The summed E-state index contributed by atoms with van der Waals surface area (Å²) in [5.74, 6) is -0.233. The van der Waals surface area contributed by atoms with E-state index in [4.69, 9.17) is 10.00 Å². The highest BCUT2D eigenvalue weighted by atomic mass is 16.5. The first-order valence-electron chi connectivity index (χ1n) is 6.00. The zero-order valence-corrected chi connectivity index (χ0v) is 11.0. The molecular formula is C14H18N2O2. The van der Waals surface area contributed by atoms with Crippen molar-refractivity contribution in [1.82, 2.24) is 0 Å². The Morgan fingerprint density at radius 3 is 2.89 bits per heavy atom. The Morgan fingerprint density at radius 2 is 2.28 bits per heavy atom. The Bertz CT molecular complexity index is 463. The van der Waals surface area contributed by atoms with Crippen molar-refractivity contribution >= 4 is 11.7 Å². The maximum absolute atomic E-state index is 11.3. The summed E-state index contributed by atoms with van der Waals surface area (Å²) in [4.78, 5) is 11.3. The van der Waals surface area contributed by atoms with Crippen LogP contribution < -0.4 is 5.32 Å². The van der Waals surface area contributed by atoms with Gasteiger partial charge in [-0.25, -0.2) is 0 Å². The van der Waals surface area contributed by atoms with Crippen molar-refractivity contribution in [3.8, 4) is 6.07 Å². The van der Waals surface area contributed by atoms with Crippen LogP contribution in [0.5, 0.6) is 0 Å². The Balaban J connectivity index is 2.71. The number of aryl methyl sites for hydroxylation is 1. The minimum Gasteiger partial charge on any atom is -0.466 e. The van der Waals surface area contributed by atoms with Gasteiger partial charge >= 0.3 is 5.97 Å². The SMILES string of the molecule is CCOC(=O)CC(C)Nc1cccc(C)c1C#N. The van der Waals surface area contributed by atoms with Gasteiger partial charge in [-0.05, 0) is 32.4 Å². The van der Waals surface area contributed by atoms with Crippen molar-refractivity contribution in [2.75, 3.05) is 11.9 Å². The topological polar surface area (TPSA) is 62.1 Å².